The third kappa shape index (κ3) is 3.77. The number of carbonyl (C=O) groups excluding carboxylic acids is 1. The van der Waals surface area contributed by atoms with E-state index >= 15 is 0 Å². The van der Waals surface area contributed by atoms with Crippen molar-refractivity contribution >= 4 is 38.7 Å². The summed E-state index contributed by atoms with van der Waals surface area (Å²) in [5, 5.41) is 1.47. The monoisotopic (exact) mass is 397 g/mol. The van der Waals surface area contributed by atoms with Gasteiger partial charge in [-0.2, -0.15) is 4.98 Å². The summed E-state index contributed by atoms with van der Waals surface area (Å²) < 4.78 is 17.8. The number of thiazole rings is 1. The van der Waals surface area contributed by atoms with Gasteiger partial charge in [-0.3, -0.25) is 0 Å². The first-order valence-corrected chi connectivity index (χ1v) is 9.81. The summed E-state index contributed by atoms with van der Waals surface area (Å²) in [6.45, 7) is 4.92. The van der Waals surface area contributed by atoms with Crippen LogP contribution in [0.5, 0.6) is 10.9 Å². The molecular weight excluding hydrogens is 378 g/mol. The number of nitrogens with zero attached hydrogens (tertiary/aromatic N) is 3. The largest absolute Gasteiger partial charge is 0.459 e. The van der Waals surface area contributed by atoms with Gasteiger partial charge in [0.2, 0.25) is 0 Å². The van der Waals surface area contributed by atoms with E-state index in [2.05, 4.69) is 9.97 Å². The highest BCUT2D eigenvalue weighted by Crippen LogP contribution is 2.32. The molecule has 0 saturated carbocycles. The highest BCUT2D eigenvalue weighted by molar-refractivity contribution is 7.20. The van der Waals surface area contributed by atoms with E-state index in [1.807, 2.05) is 43.3 Å². The number of fused-ring (bicyclic) bond motifs is 2. The Morgan fingerprint density at radius 2 is 2.14 bits per heavy atom. The van der Waals surface area contributed by atoms with E-state index in [-0.39, 0.29) is 6.09 Å². The van der Waals surface area contributed by atoms with Gasteiger partial charge in [-0.1, -0.05) is 11.3 Å². The first-order valence-electron chi connectivity index (χ1n) is 9.00. The molecule has 0 unspecified atom stereocenters. The second-order valence-electron chi connectivity index (χ2n) is 6.03. The number of amides is 1. The molecule has 4 rings (SSSR count). The van der Waals surface area contributed by atoms with Crippen LogP contribution in [0.25, 0.3) is 21.3 Å². The van der Waals surface area contributed by atoms with Crippen molar-refractivity contribution in [2.75, 3.05) is 13.2 Å². The number of aromatic nitrogens is 2. The summed E-state index contributed by atoms with van der Waals surface area (Å²) in [7, 11) is 0. The number of furan rings is 1. The maximum Gasteiger partial charge on any atom is 0.410 e. The molecule has 0 aliphatic heterocycles. The molecule has 0 aliphatic rings. The van der Waals surface area contributed by atoms with Crippen molar-refractivity contribution in [3.63, 3.8) is 0 Å². The number of carbonyl (C=O) groups is 1. The van der Waals surface area contributed by atoms with Gasteiger partial charge in [0.25, 0.3) is 5.19 Å². The second kappa shape index (κ2) is 7.85. The first-order chi connectivity index (χ1) is 13.7. The molecule has 0 fully saturated rings. The summed E-state index contributed by atoms with van der Waals surface area (Å²) in [5.41, 5.74) is 1.36. The first kappa shape index (κ1) is 18.2. The normalized spacial score (nSPS) is 11.1. The van der Waals surface area contributed by atoms with Crippen molar-refractivity contribution in [1.82, 2.24) is 14.9 Å². The molecule has 0 bridgehead atoms. The Labute approximate surface area is 165 Å². The predicted octanol–water partition coefficient (Wildman–Crippen LogP) is 5.21. The SMILES string of the molecule is CCOC(=O)N(CC)Cc1cc2ccc(Oc3nc4ncccc4s3)cc2o1. The van der Waals surface area contributed by atoms with E-state index in [9.17, 15) is 4.79 Å². The fourth-order valence-corrected chi connectivity index (χ4v) is 3.60. The van der Waals surface area contributed by atoms with Crippen molar-refractivity contribution in [2.45, 2.75) is 20.4 Å². The number of rotatable bonds is 6. The van der Waals surface area contributed by atoms with E-state index in [0.29, 0.717) is 47.6 Å². The average Bonchev–Trinajstić information content (AvgIpc) is 3.28. The van der Waals surface area contributed by atoms with Gasteiger partial charge in [0.15, 0.2) is 5.65 Å². The van der Waals surface area contributed by atoms with Crippen molar-refractivity contribution in [3.05, 3.63) is 48.4 Å². The van der Waals surface area contributed by atoms with Crippen LogP contribution in [0.15, 0.2) is 47.0 Å². The van der Waals surface area contributed by atoms with Crippen molar-refractivity contribution in [2.24, 2.45) is 0 Å². The molecule has 1 aromatic carbocycles. The maximum absolute atomic E-state index is 12.0. The minimum Gasteiger partial charge on any atom is -0.459 e. The summed E-state index contributed by atoms with van der Waals surface area (Å²) in [6.07, 6.45) is 1.36. The third-order valence-electron chi connectivity index (χ3n) is 4.15. The molecule has 4 aromatic rings. The lowest BCUT2D eigenvalue weighted by Gasteiger charge is -2.18. The highest BCUT2D eigenvalue weighted by atomic mass is 32.1. The van der Waals surface area contributed by atoms with Crippen LogP contribution in [0.4, 0.5) is 4.79 Å². The summed E-state index contributed by atoms with van der Waals surface area (Å²) in [6, 6.07) is 11.4. The van der Waals surface area contributed by atoms with Crippen molar-refractivity contribution in [1.29, 1.82) is 0 Å². The third-order valence-corrected chi connectivity index (χ3v) is 5.04. The van der Waals surface area contributed by atoms with Gasteiger partial charge in [-0.15, -0.1) is 0 Å². The molecule has 0 atom stereocenters. The predicted molar refractivity (Wildman–Crippen MR) is 107 cm³/mol. The lowest BCUT2D eigenvalue weighted by atomic mass is 10.2. The fourth-order valence-electron chi connectivity index (χ4n) is 2.81. The van der Waals surface area contributed by atoms with Crippen LogP contribution in [0, 0.1) is 0 Å². The van der Waals surface area contributed by atoms with Gasteiger partial charge >= 0.3 is 6.09 Å². The van der Waals surface area contributed by atoms with Crippen LogP contribution < -0.4 is 4.74 Å². The summed E-state index contributed by atoms with van der Waals surface area (Å²) >= 11 is 1.44. The fraction of sp³-hybridized carbons (Fsp3) is 0.250. The van der Waals surface area contributed by atoms with Gasteiger partial charge in [0.05, 0.1) is 17.9 Å². The zero-order valence-electron chi connectivity index (χ0n) is 15.5. The topological polar surface area (TPSA) is 77.7 Å². The molecule has 1 amide bonds. The lowest BCUT2D eigenvalue weighted by Crippen LogP contribution is -2.30. The standard InChI is InChI=1S/C20H19N3O4S/c1-3-23(20(24)25-4-2)12-15-10-13-7-8-14(11-16(13)26-15)27-19-22-18-17(28-19)6-5-9-21-18/h5-11H,3-4,12H2,1-2H3. The molecule has 0 N–H and O–H groups in total. The Kier molecular flexibility index (Phi) is 5.12. The Balaban J connectivity index is 1.53. The van der Waals surface area contributed by atoms with Gasteiger partial charge in [0.1, 0.15) is 17.1 Å². The minimum atomic E-state index is -0.348. The van der Waals surface area contributed by atoms with Crippen LogP contribution in [-0.4, -0.2) is 34.1 Å². The molecule has 7 nitrogen and oxygen atoms in total. The molecule has 3 aromatic heterocycles. The molecule has 0 saturated heterocycles. The number of benzene rings is 1. The van der Waals surface area contributed by atoms with Gasteiger partial charge in [-0.25, -0.2) is 9.78 Å². The highest BCUT2D eigenvalue weighted by Gasteiger charge is 2.16. The van der Waals surface area contributed by atoms with Gasteiger partial charge in [-0.05, 0) is 44.2 Å². The number of hydrogen-bond donors (Lipinski definition) is 0. The molecule has 28 heavy (non-hydrogen) atoms. The summed E-state index contributed by atoms with van der Waals surface area (Å²) in [5.74, 6) is 1.32. The molecular formula is C20H19N3O4S. The van der Waals surface area contributed by atoms with E-state index < -0.39 is 0 Å². The maximum atomic E-state index is 12.0. The molecule has 0 aliphatic carbocycles. The second-order valence-corrected chi connectivity index (χ2v) is 7.03. The Morgan fingerprint density at radius 1 is 1.25 bits per heavy atom. The molecule has 144 valence electrons. The zero-order chi connectivity index (χ0) is 19.5. The van der Waals surface area contributed by atoms with Crippen LogP contribution in [0.2, 0.25) is 0 Å². The van der Waals surface area contributed by atoms with Crippen LogP contribution >= 0.6 is 11.3 Å². The van der Waals surface area contributed by atoms with Gasteiger partial charge in [0, 0.05) is 24.2 Å². The Hall–Kier alpha value is -3.13. The van der Waals surface area contributed by atoms with Crippen molar-refractivity contribution < 1.29 is 18.7 Å². The minimum absolute atomic E-state index is 0.345. The Bertz CT molecular complexity index is 1090. The van der Waals surface area contributed by atoms with Crippen molar-refractivity contribution in [3.8, 4) is 10.9 Å². The van der Waals surface area contributed by atoms with Crippen LogP contribution in [0.3, 0.4) is 0 Å². The lowest BCUT2D eigenvalue weighted by molar-refractivity contribution is 0.104. The van der Waals surface area contributed by atoms with E-state index in [1.165, 1.54) is 11.3 Å². The summed E-state index contributed by atoms with van der Waals surface area (Å²) in [4.78, 5) is 22.1. The van der Waals surface area contributed by atoms with Crippen LogP contribution in [-0.2, 0) is 11.3 Å². The molecule has 3 heterocycles. The molecule has 0 radical (unpaired) electrons. The number of pyridine rings is 1. The van der Waals surface area contributed by atoms with E-state index in [4.69, 9.17) is 13.9 Å². The average molecular weight is 397 g/mol. The van der Waals surface area contributed by atoms with Gasteiger partial charge < -0.3 is 18.8 Å². The smallest absolute Gasteiger partial charge is 0.410 e. The van der Waals surface area contributed by atoms with E-state index in [1.54, 1.807) is 18.0 Å². The molecule has 0 spiro atoms. The van der Waals surface area contributed by atoms with E-state index in [0.717, 1.165) is 10.1 Å². The quantitative estimate of drug-likeness (QED) is 0.444. The molecule has 8 heteroatoms. The Morgan fingerprint density at radius 3 is 2.93 bits per heavy atom. The number of ether oxygens (including phenoxy) is 2. The number of hydrogen-bond acceptors (Lipinski definition) is 7. The van der Waals surface area contributed by atoms with Crippen LogP contribution in [0.1, 0.15) is 19.6 Å². The zero-order valence-corrected chi connectivity index (χ0v) is 16.4.